The van der Waals surface area contributed by atoms with Crippen molar-refractivity contribution in [1.82, 2.24) is 15.2 Å². The first-order valence-corrected chi connectivity index (χ1v) is 3.42. The number of likely N-dealkylation sites (N-methyl/N-ethyl adjacent to an activating group) is 1. The van der Waals surface area contributed by atoms with E-state index < -0.39 is 0 Å². The predicted molar refractivity (Wildman–Crippen MR) is 41.0 cm³/mol. The molecule has 62 valence electrons. The highest BCUT2D eigenvalue weighted by Gasteiger charge is 2.04. The average Bonchev–Trinajstić information content (AvgIpc) is 2.31. The summed E-state index contributed by atoms with van der Waals surface area (Å²) in [6, 6.07) is 0. The second kappa shape index (κ2) is 3.34. The SMILES string of the molecule is CN(C)CCc1nonc1N. The van der Waals surface area contributed by atoms with Gasteiger partial charge in [0.05, 0.1) is 0 Å². The lowest BCUT2D eigenvalue weighted by Crippen LogP contribution is -2.15. The maximum absolute atomic E-state index is 5.44. The van der Waals surface area contributed by atoms with Crippen molar-refractivity contribution >= 4 is 5.82 Å². The second-order valence-electron chi connectivity index (χ2n) is 2.65. The van der Waals surface area contributed by atoms with Gasteiger partial charge >= 0.3 is 0 Å². The van der Waals surface area contributed by atoms with E-state index in [2.05, 4.69) is 14.9 Å². The van der Waals surface area contributed by atoms with E-state index in [1.54, 1.807) is 0 Å². The van der Waals surface area contributed by atoms with Crippen LogP contribution in [-0.2, 0) is 6.42 Å². The molecular formula is C6H12N4O. The maximum Gasteiger partial charge on any atom is 0.191 e. The first kappa shape index (κ1) is 8.00. The minimum atomic E-state index is 0.395. The largest absolute Gasteiger partial charge is 0.379 e. The summed E-state index contributed by atoms with van der Waals surface area (Å²) in [5.74, 6) is 0.395. The normalized spacial score (nSPS) is 10.8. The molecule has 0 aliphatic rings. The molecule has 0 fully saturated rings. The van der Waals surface area contributed by atoms with E-state index in [0.717, 1.165) is 18.7 Å². The van der Waals surface area contributed by atoms with Crippen molar-refractivity contribution in [3.8, 4) is 0 Å². The number of hydrogen-bond donors (Lipinski definition) is 1. The molecule has 1 aromatic heterocycles. The smallest absolute Gasteiger partial charge is 0.191 e. The molecule has 5 heteroatoms. The zero-order valence-electron chi connectivity index (χ0n) is 6.74. The van der Waals surface area contributed by atoms with Crippen LogP contribution in [0.2, 0.25) is 0 Å². The van der Waals surface area contributed by atoms with Crippen molar-refractivity contribution < 1.29 is 4.63 Å². The molecule has 5 nitrogen and oxygen atoms in total. The summed E-state index contributed by atoms with van der Waals surface area (Å²) in [5.41, 5.74) is 6.18. The number of nitrogen functional groups attached to an aromatic ring is 1. The minimum absolute atomic E-state index is 0.395. The van der Waals surface area contributed by atoms with Crippen LogP contribution >= 0.6 is 0 Å². The third kappa shape index (κ3) is 2.19. The molecule has 0 bridgehead atoms. The molecule has 0 amide bonds. The monoisotopic (exact) mass is 156 g/mol. The molecule has 2 N–H and O–H groups in total. The highest BCUT2D eigenvalue weighted by atomic mass is 16.6. The molecule has 0 saturated heterocycles. The third-order valence-electron chi connectivity index (χ3n) is 1.38. The summed E-state index contributed by atoms with van der Waals surface area (Å²) in [7, 11) is 3.98. The number of nitrogens with two attached hydrogens (primary N) is 1. The minimum Gasteiger partial charge on any atom is -0.379 e. The Bertz CT molecular complexity index is 220. The molecular weight excluding hydrogens is 144 g/mol. The molecule has 0 aromatic carbocycles. The maximum atomic E-state index is 5.44. The number of hydrogen-bond acceptors (Lipinski definition) is 5. The third-order valence-corrected chi connectivity index (χ3v) is 1.38. The Kier molecular flexibility index (Phi) is 2.43. The topological polar surface area (TPSA) is 68.2 Å². The van der Waals surface area contributed by atoms with Crippen LogP contribution < -0.4 is 5.73 Å². The fraction of sp³-hybridized carbons (Fsp3) is 0.667. The fourth-order valence-corrected chi connectivity index (χ4v) is 0.716. The van der Waals surface area contributed by atoms with Crippen molar-refractivity contribution in [2.75, 3.05) is 26.4 Å². The summed E-state index contributed by atoms with van der Waals surface area (Å²) < 4.78 is 4.43. The number of aromatic nitrogens is 2. The lowest BCUT2D eigenvalue weighted by molar-refractivity contribution is 0.302. The van der Waals surface area contributed by atoms with E-state index in [9.17, 15) is 0 Å². The summed E-state index contributed by atoms with van der Waals surface area (Å²) in [6.07, 6.45) is 0.780. The van der Waals surface area contributed by atoms with Crippen molar-refractivity contribution in [1.29, 1.82) is 0 Å². The Hall–Kier alpha value is -1.10. The summed E-state index contributed by atoms with van der Waals surface area (Å²) in [4.78, 5) is 2.05. The van der Waals surface area contributed by atoms with E-state index in [0.29, 0.717) is 5.82 Å². The van der Waals surface area contributed by atoms with Gasteiger partial charge in [0.2, 0.25) is 0 Å². The lowest BCUT2D eigenvalue weighted by Gasteiger charge is -2.06. The molecule has 0 saturated carbocycles. The van der Waals surface area contributed by atoms with Crippen LogP contribution in [0.5, 0.6) is 0 Å². The number of nitrogens with zero attached hydrogens (tertiary/aromatic N) is 3. The molecule has 1 rings (SSSR count). The molecule has 1 heterocycles. The van der Waals surface area contributed by atoms with Gasteiger partial charge in [-0.2, -0.15) is 0 Å². The standard InChI is InChI=1S/C6H12N4O/c1-10(2)4-3-5-6(7)9-11-8-5/h3-4H2,1-2H3,(H2,7,9). The van der Waals surface area contributed by atoms with E-state index in [-0.39, 0.29) is 0 Å². The van der Waals surface area contributed by atoms with Gasteiger partial charge in [0.1, 0.15) is 5.69 Å². The average molecular weight is 156 g/mol. The Labute approximate surface area is 65.1 Å². The molecule has 1 aromatic rings. The molecule has 0 aliphatic heterocycles. The van der Waals surface area contributed by atoms with Crippen LogP contribution in [0.1, 0.15) is 5.69 Å². The van der Waals surface area contributed by atoms with Crippen molar-refractivity contribution in [3.63, 3.8) is 0 Å². The van der Waals surface area contributed by atoms with Gasteiger partial charge in [0, 0.05) is 13.0 Å². The van der Waals surface area contributed by atoms with E-state index in [1.165, 1.54) is 0 Å². The highest BCUT2D eigenvalue weighted by Crippen LogP contribution is 2.04. The molecule has 0 radical (unpaired) electrons. The summed E-state index contributed by atoms with van der Waals surface area (Å²) >= 11 is 0. The van der Waals surface area contributed by atoms with Crippen molar-refractivity contribution in [2.24, 2.45) is 0 Å². The Balaban J connectivity index is 2.44. The van der Waals surface area contributed by atoms with Gasteiger partial charge in [-0.1, -0.05) is 5.16 Å². The number of anilines is 1. The van der Waals surface area contributed by atoms with Gasteiger partial charge in [0.25, 0.3) is 0 Å². The van der Waals surface area contributed by atoms with Crippen LogP contribution in [0.15, 0.2) is 4.63 Å². The van der Waals surface area contributed by atoms with E-state index in [1.807, 2.05) is 19.0 Å². The molecule has 0 aliphatic carbocycles. The van der Waals surface area contributed by atoms with Gasteiger partial charge in [-0.05, 0) is 19.3 Å². The zero-order valence-corrected chi connectivity index (χ0v) is 6.74. The molecule has 0 unspecified atom stereocenters. The van der Waals surface area contributed by atoms with E-state index >= 15 is 0 Å². The predicted octanol–water partition coefficient (Wildman–Crippen LogP) is -0.244. The second-order valence-corrected chi connectivity index (χ2v) is 2.65. The zero-order chi connectivity index (χ0) is 8.27. The quantitative estimate of drug-likeness (QED) is 0.654. The molecule has 0 spiro atoms. The Morgan fingerprint density at radius 2 is 2.18 bits per heavy atom. The van der Waals surface area contributed by atoms with Crippen LogP contribution in [-0.4, -0.2) is 35.9 Å². The van der Waals surface area contributed by atoms with E-state index in [4.69, 9.17) is 5.73 Å². The number of rotatable bonds is 3. The molecule has 11 heavy (non-hydrogen) atoms. The van der Waals surface area contributed by atoms with Gasteiger partial charge in [-0.3, -0.25) is 0 Å². The fourth-order valence-electron chi connectivity index (χ4n) is 0.716. The van der Waals surface area contributed by atoms with Crippen molar-refractivity contribution in [3.05, 3.63) is 5.69 Å². The Morgan fingerprint density at radius 1 is 1.45 bits per heavy atom. The summed E-state index contributed by atoms with van der Waals surface area (Å²) in [5, 5.41) is 7.12. The summed E-state index contributed by atoms with van der Waals surface area (Å²) in [6.45, 7) is 0.901. The first-order valence-electron chi connectivity index (χ1n) is 3.42. The van der Waals surface area contributed by atoms with Crippen LogP contribution in [0.4, 0.5) is 5.82 Å². The highest BCUT2D eigenvalue weighted by molar-refractivity contribution is 5.30. The van der Waals surface area contributed by atoms with Crippen LogP contribution in [0, 0.1) is 0 Å². The first-order chi connectivity index (χ1) is 5.20. The van der Waals surface area contributed by atoms with Crippen LogP contribution in [0.3, 0.4) is 0 Å². The van der Waals surface area contributed by atoms with Gasteiger partial charge in [0.15, 0.2) is 5.82 Å². The molecule has 0 atom stereocenters. The van der Waals surface area contributed by atoms with Gasteiger partial charge in [-0.25, -0.2) is 4.63 Å². The van der Waals surface area contributed by atoms with Crippen molar-refractivity contribution in [2.45, 2.75) is 6.42 Å². The Morgan fingerprint density at radius 3 is 2.64 bits per heavy atom. The van der Waals surface area contributed by atoms with Crippen LogP contribution in [0.25, 0.3) is 0 Å². The lowest BCUT2D eigenvalue weighted by atomic mass is 10.3. The van der Waals surface area contributed by atoms with Gasteiger partial charge < -0.3 is 10.6 Å². The van der Waals surface area contributed by atoms with Gasteiger partial charge in [-0.15, -0.1) is 0 Å².